The highest BCUT2D eigenvalue weighted by molar-refractivity contribution is 5.57. The van der Waals surface area contributed by atoms with Crippen molar-refractivity contribution >= 4 is 5.95 Å². The third-order valence-electron chi connectivity index (χ3n) is 3.44. The summed E-state index contributed by atoms with van der Waals surface area (Å²) in [6.45, 7) is 6.67. The van der Waals surface area contributed by atoms with Crippen LogP contribution in [0.15, 0.2) is 18.2 Å². The van der Waals surface area contributed by atoms with E-state index >= 15 is 0 Å². The molecule has 1 aromatic heterocycles. The summed E-state index contributed by atoms with van der Waals surface area (Å²) in [6.07, 6.45) is 0. The lowest BCUT2D eigenvalue weighted by Gasteiger charge is -2.30. The molecule has 3 rings (SSSR count). The maximum absolute atomic E-state index is 13.4. The number of aryl methyl sites for hydroxylation is 1. The maximum atomic E-state index is 13.4. The van der Waals surface area contributed by atoms with E-state index in [1.54, 1.807) is 0 Å². The van der Waals surface area contributed by atoms with Gasteiger partial charge < -0.3 is 10.2 Å². The van der Waals surface area contributed by atoms with E-state index < -0.39 is 0 Å². The van der Waals surface area contributed by atoms with E-state index in [9.17, 15) is 4.39 Å². The Kier molecular flexibility index (Phi) is 3.40. The lowest BCUT2D eigenvalue weighted by molar-refractivity contribution is 0.480. The van der Waals surface area contributed by atoms with Crippen molar-refractivity contribution in [2.24, 2.45) is 0 Å². The lowest BCUT2D eigenvalue weighted by atomic mass is 10.1. The van der Waals surface area contributed by atoms with E-state index in [4.69, 9.17) is 0 Å². The number of H-pyrrole nitrogens is 1. The molecule has 0 amide bonds. The van der Waals surface area contributed by atoms with E-state index in [-0.39, 0.29) is 5.82 Å². The Labute approximate surface area is 117 Å². The summed E-state index contributed by atoms with van der Waals surface area (Å²) in [6, 6.07) is 5.28. The molecule has 6 heteroatoms. The Morgan fingerprint density at radius 1 is 1.35 bits per heavy atom. The van der Waals surface area contributed by atoms with Gasteiger partial charge in [0.25, 0.3) is 0 Å². The summed E-state index contributed by atoms with van der Waals surface area (Å²) in [4.78, 5) is 6.62. The highest BCUT2D eigenvalue weighted by atomic mass is 19.1. The van der Waals surface area contributed by atoms with Gasteiger partial charge in [-0.3, -0.25) is 5.10 Å². The van der Waals surface area contributed by atoms with Crippen molar-refractivity contribution in [2.45, 2.75) is 19.9 Å². The number of rotatable bonds is 2. The number of anilines is 1. The van der Waals surface area contributed by atoms with E-state index in [1.165, 1.54) is 12.1 Å². The molecule has 1 fully saturated rings. The lowest BCUT2D eigenvalue weighted by Crippen LogP contribution is -2.49. The number of benzene rings is 1. The first-order valence-corrected chi connectivity index (χ1v) is 6.80. The van der Waals surface area contributed by atoms with Crippen molar-refractivity contribution in [1.82, 2.24) is 20.5 Å². The van der Waals surface area contributed by atoms with Crippen LogP contribution in [0, 0.1) is 12.7 Å². The van der Waals surface area contributed by atoms with Crippen LogP contribution in [0.25, 0.3) is 11.4 Å². The fourth-order valence-corrected chi connectivity index (χ4v) is 2.51. The van der Waals surface area contributed by atoms with Crippen LogP contribution in [-0.4, -0.2) is 40.9 Å². The first-order valence-electron chi connectivity index (χ1n) is 6.80. The standard InChI is InChI=1S/C14H18FN5/c1-9-5-11(7-12(15)6-9)13-17-14(19-18-13)20-4-3-16-10(2)8-20/h5-7,10,16H,3-4,8H2,1-2H3,(H,17,18,19)/t10-/m0/s1. The van der Waals surface area contributed by atoms with Gasteiger partial charge in [-0.25, -0.2) is 4.39 Å². The van der Waals surface area contributed by atoms with Crippen LogP contribution in [0.4, 0.5) is 10.3 Å². The van der Waals surface area contributed by atoms with Gasteiger partial charge in [0, 0.05) is 31.2 Å². The normalized spacial score (nSPS) is 19.4. The van der Waals surface area contributed by atoms with Gasteiger partial charge in [0.05, 0.1) is 0 Å². The zero-order chi connectivity index (χ0) is 14.1. The second-order valence-corrected chi connectivity index (χ2v) is 5.30. The van der Waals surface area contributed by atoms with E-state index in [0.29, 0.717) is 17.8 Å². The molecule has 2 heterocycles. The Hall–Kier alpha value is -1.95. The molecule has 2 aromatic rings. The van der Waals surface area contributed by atoms with Crippen molar-refractivity contribution < 1.29 is 4.39 Å². The molecule has 0 radical (unpaired) electrons. The van der Waals surface area contributed by atoms with E-state index in [1.807, 2.05) is 13.0 Å². The van der Waals surface area contributed by atoms with Gasteiger partial charge in [0.2, 0.25) is 5.95 Å². The molecule has 1 aliphatic rings. The van der Waals surface area contributed by atoms with E-state index in [0.717, 1.165) is 30.8 Å². The number of hydrogen-bond donors (Lipinski definition) is 2. The molecule has 0 unspecified atom stereocenters. The van der Waals surface area contributed by atoms with Crippen LogP contribution >= 0.6 is 0 Å². The van der Waals surface area contributed by atoms with Gasteiger partial charge in [0.1, 0.15) is 5.82 Å². The molecule has 1 aliphatic heterocycles. The van der Waals surface area contributed by atoms with Crippen molar-refractivity contribution in [2.75, 3.05) is 24.5 Å². The van der Waals surface area contributed by atoms with Gasteiger partial charge in [0.15, 0.2) is 5.82 Å². The van der Waals surface area contributed by atoms with Crippen molar-refractivity contribution in [3.63, 3.8) is 0 Å². The van der Waals surface area contributed by atoms with Crippen molar-refractivity contribution in [1.29, 1.82) is 0 Å². The van der Waals surface area contributed by atoms with Crippen LogP contribution in [0.2, 0.25) is 0 Å². The summed E-state index contributed by atoms with van der Waals surface area (Å²) in [7, 11) is 0. The predicted octanol–water partition coefficient (Wildman–Crippen LogP) is 1.72. The van der Waals surface area contributed by atoms with Gasteiger partial charge in [-0.15, -0.1) is 5.10 Å². The van der Waals surface area contributed by atoms with E-state index in [2.05, 4.69) is 32.3 Å². The molecule has 1 saturated heterocycles. The number of aromatic nitrogens is 3. The Balaban J connectivity index is 1.86. The monoisotopic (exact) mass is 275 g/mol. The first kappa shape index (κ1) is 13.1. The number of halogens is 1. The molecule has 2 N–H and O–H groups in total. The highest BCUT2D eigenvalue weighted by Crippen LogP contribution is 2.20. The topological polar surface area (TPSA) is 56.8 Å². The molecule has 0 aliphatic carbocycles. The second kappa shape index (κ2) is 5.20. The summed E-state index contributed by atoms with van der Waals surface area (Å²) in [5.74, 6) is 1.03. The molecule has 106 valence electrons. The van der Waals surface area contributed by atoms with Crippen molar-refractivity contribution in [3.8, 4) is 11.4 Å². The molecule has 0 bridgehead atoms. The fraction of sp³-hybridized carbons (Fsp3) is 0.429. The number of piperazine rings is 1. The molecule has 1 atom stereocenters. The maximum Gasteiger partial charge on any atom is 0.245 e. The minimum absolute atomic E-state index is 0.256. The minimum atomic E-state index is -0.256. The van der Waals surface area contributed by atoms with Crippen LogP contribution in [0.3, 0.4) is 0 Å². The zero-order valence-electron chi connectivity index (χ0n) is 11.7. The number of aromatic amines is 1. The third kappa shape index (κ3) is 2.65. The quantitative estimate of drug-likeness (QED) is 0.876. The Morgan fingerprint density at radius 3 is 2.95 bits per heavy atom. The average molecular weight is 275 g/mol. The largest absolute Gasteiger partial charge is 0.337 e. The summed E-state index contributed by atoms with van der Waals surface area (Å²) in [5, 5.41) is 10.5. The van der Waals surface area contributed by atoms with Gasteiger partial charge in [-0.2, -0.15) is 4.98 Å². The molecule has 20 heavy (non-hydrogen) atoms. The summed E-state index contributed by atoms with van der Waals surface area (Å²) >= 11 is 0. The summed E-state index contributed by atoms with van der Waals surface area (Å²) in [5.41, 5.74) is 1.60. The van der Waals surface area contributed by atoms with Gasteiger partial charge in [-0.05, 0) is 37.6 Å². The second-order valence-electron chi connectivity index (χ2n) is 5.30. The first-order chi connectivity index (χ1) is 9.61. The highest BCUT2D eigenvalue weighted by Gasteiger charge is 2.19. The summed E-state index contributed by atoms with van der Waals surface area (Å²) < 4.78 is 13.4. The molecular formula is C14H18FN5. The Morgan fingerprint density at radius 2 is 2.20 bits per heavy atom. The molecule has 0 spiro atoms. The minimum Gasteiger partial charge on any atom is -0.337 e. The zero-order valence-corrected chi connectivity index (χ0v) is 11.7. The molecule has 1 aromatic carbocycles. The van der Waals surface area contributed by atoms with Crippen LogP contribution in [0.1, 0.15) is 12.5 Å². The molecule has 0 saturated carbocycles. The van der Waals surface area contributed by atoms with Crippen LogP contribution in [0.5, 0.6) is 0 Å². The predicted molar refractivity (Wildman–Crippen MR) is 76.2 cm³/mol. The smallest absolute Gasteiger partial charge is 0.245 e. The molecular weight excluding hydrogens is 257 g/mol. The third-order valence-corrected chi connectivity index (χ3v) is 3.44. The SMILES string of the molecule is Cc1cc(F)cc(-c2nc(N3CCN[C@@H](C)C3)n[nH]2)c1. The van der Waals surface area contributed by atoms with Gasteiger partial charge in [-0.1, -0.05) is 0 Å². The van der Waals surface area contributed by atoms with Gasteiger partial charge >= 0.3 is 0 Å². The number of nitrogens with zero attached hydrogens (tertiary/aromatic N) is 3. The number of nitrogens with one attached hydrogen (secondary N) is 2. The number of hydrogen-bond acceptors (Lipinski definition) is 4. The fourth-order valence-electron chi connectivity index (χ4n) is 2.51. The van der Waals surface area contributed by atoms with Crippen LogP contribution < -0.4 is 10.2 Å². The molecule has 5 nitrogen and oxygen atoms in total. The van der Waals surface area contributed by atoms with Crippen molar-refractivity contribution in [3.05, 3.63) is 29.6 Å². The Bertz CT molecular complexity index is 589. The van der Waals surface area contributed by atoms with Crippen LogP contribution in [-0.2, 0) is 0 Å². The average Bonchev–Trinajstić information content (AvgIpc) is 2.87.